The van der Waals surface area contributed by atoms with Crippen LogP contribution >= 0.6 is 0 Å². The first-order chi connectivity index (χ1) is 21.6. The van der Waals surface area contributed by atoms with E-state index in [0.717, 1.165) is 78.8 Å². The zero-order chi connectivity index (χ0) is 34.2. The van der Waals surface area contributed by atoms with Gasteiger partial charge in [0.15, 0.2) is 0 Å². The molecule has 2 rings (SSSR count). The van der Waals surface area contributed by atoms with E-state index < -0.39 is 12.1 Å². The van der Waals surface area contributed by atoms with Crippen molar-refractivity contribution in [2.24, 2.45) is 5.92 Å². The molecule has 0 heterocycles. The molecule has 0 aliphatic heterocycles. The molecule has 254 valence electrons. The van der Waals surface area contributed by atoms with E-state index >= 15 is 0 Å². The van der Waals surface area contributed by atoms with E-state index in [0.29, 0.717) is 6.42 Å². The number of amides is 1. The molecule has 8 nitrogen and oxygen atoms in total. The van der Waals surface area contributed by atoms with Crippen LogP contribution < -0.4 is 16.2 Å². The van der Waals surface area contributed by atoms with Crippen LogP contribution in [-0.2, 0) is 20.7 Å². The average molecular weight is 628 g/mol. The summed E-state index contributed by atoms with van der Waals surface area (Å²) in [7, 11) is 3.46. The number of benzene rings is 1. The molecule has 1 unspecified atom stereocenters. The molecule has 1 aromatic carbocycles. The van der Waals surface area contributed by atoms with Crippen molar-refractivity contribution in [2.45, 2.75) is 119 Å². The summed E-state index contributed by atoms with van der Waals surface area (Å²) in [5.74, 6) is 0.172. The first kappa shape index (κ1) is 41.5. The SMILES string of the molecule is CC.CC/C=C(C)/C(=C\C=C(C)\C(NNC)=C(\CCC)NC(=O)OC(C)c1ccccc1CC)OC.O=C(O)C1CCCCC1. The average Bonchev–Trinajstić information content (AvgIpc) is 3.05. The molecule has 0 spiro atoms. The van der Waals surface area contributed by atoms with Crippen LogP contribution in [0.5, 0.6) is 0 Å². The maximum Gasteiger partial charge on any atom is 0.412 e. The lowest BCUT2D eigenvalue weighted by molar-refractivity contribution is -0.142. The number of allylic oxidation sites excluding steroid dienone is 6. The minimum Gasteiger partial charge on any atom is -0.497 e. The molecule has 4 N–H and O–H groups in total. The number of alkyl carbamates (subject to hydrolysis) is 1. The number of rotatable bonds is 14. The van der Waals surface area contributed by atoms with Crippen LogP contribution in [0.4, 0.5) is 4.79 Å². The number of methoxy groups -OCH3 is 1. The van der Waals surface area contributed by atoms with Crippen molar-refractivity contribution in [1.29, 1.82) is 0 Å². The van der Waals surface area contributed by atoms with Crippen LogP contribution in [0.15, 0.2) is 70.8 Å². The second-order valence-corrected chi connectivity index (χ2v) is 10.8. The monoisotopic (exact) mass is 627 g/mol. The Hall–Kier alpha value is -3.52. The molecule has 8 heteroatoms. The number of carboxylic acid groups (broad SMARTS) is 1. The number of nitrogens with one attached hydrogen (secondary N) is 3. The van der Waals surface area contributed by atoms with E-state index in [9.17, 15) is 9.59 Å². The van der Waals surface area contributed by atoms with Gasteiger partial charge in [-0.15, -0.1) is 0 Å². The summed E-state index contributed by atoms with van der Waals surface area (Å²) in [6.07, 6.45) is 13.8. The third-order valence-corrected chi connectivity index (χ3v) is 7.41. The summed E-state index contributed by atoms with van der Waals surface area (Å²) in [4.78, 5) is 23.2. The Morgan fingerprint density at radius 3 is 2.18 bits per heavy atom. The topological polar surface area (TPSA) is 109 Å². The molecule has 0 radical (unpaired) electrons. The van der Waals surface area contributed by atoms with Gasteiger partial charge >= 0.3 is 12.1 Å². The first-order valence-corrected chi connectivity index (χ1v) is 16.7. The molecule has 0 aromatic heterocycles. The molecule has 0 bridgehead atoms. The van der Waals surface area contributed by atoms with E-state index in [1.165, 1.54) is 12.0 Å². The molecular weight excluding hydrogens is 566 g/mol. The van der Waals surface area contributed by atoms with Crippen molar-refractivity contribution in [1.82, 2.24) is 16.2 Å². The van der Waals surface area contributed by atoms with Crippen molar-refractivity contribution >= 4 is 12.1 Å². The highest BCUT2D eigenvalue weighted by Gasteiger charge is 2.19. The molecule has 1 atom stereocenters. The Bertz CT molecular complexity index is 1130. The van der Waals surface area contributed by atoms with Crippen LogP contribution in [0.1, 0.15) is 124 Å². The molecular formula is C37H61N3O5. The van der Waals surface area contributed by atoms with E-state index in [4.69, 9.17) is 14.6 Å². The predicted molar refractivity (Wildman–Crippen MR) is 186 cm³/mol. The number of hydrogen-bond acceptors (Lipinski definition) is 6. The van der Waals surface area contributed by atoms with Crippen molar-refractivity contribution in [3.8, 4) is 0 Å². The summed E-state index contributed by atoms with van der Waals surface area (Å²) >= 11 is 0. The van der Waals surface area contributed by atoms with Crippen LogP contribution in [0.3, 0.4) is 0 Å². The molecule has 1 aromatic rings. The van der Waals surface area contributed by atoms with Gasteiger partial charge in [0, 0.05) is 12.7 Å². The summed E-state index contributed by atoms with van der Waals surface area (Å²) in [6, 6.07) is 8.05. The highest BCUT2D eigenvalue weighted by Crippen LogP contribution is 2.24. The standard InChI is InChI=1S/C28H43N3O3.C7H12O2.C2H6/c1-9-14-20(4)26(33-8)19-18-21(5)27(31-29-7)25(15-10-2)30-28(32)34-22(6)24-17-13-12-16-23(24)11-3;8-7(9)6-4-2-1-3-5-6;1-2/h12-14,16-19,22,29,31H,9-11,15H2,1-8H3,(H,30,32);6H,1-5H2,(H,8,9);1-2H3/b20-14+,21-18+,26-19+,27-25+;;. The Balaban J connectivity index is 0.00000148. The molecule has 1 amide bonds. The van der Waals surface area contributed by atoms with Gasteiger partial charge in [-0.2, -0.15) is 0 Å². The van der Waals surface area contributed by atoms with E-state index in [2.05, 4.69) is 49.1 Å². The summed E-state index contributed by atoms with van der Waals surface area (Å²) in [6.45, 7) is 16.2. The fourth-order valence-corrected chi connectivity index (χ4v) is 5.07. The molecule has 1 aliphatic rings. The Labute approximate surface area is 273 Å². The fourth-order valence-electron chi connectivity index (χ4n) is 5.07. The number of hydrogen-bond donors (Lipinski definition) is 4. The molecule has 1 saturated carbocycles. The third-order valence-electron chi connectivity index (χ3n) is 7.41. The van der Waals surface area contributed by atoms with Gasteiger partial charge in [0.25, 0.3) is 0 Å². The van der Waals surface area contributed by atoms with Gasteiger partial charge in [-0.25, -0.2) is 10.2 Å². The number of carboxylic acids is 1. The number of hydrazine groups is 1. The zero-order valence-electron chi connectivity index (χ0n) is 29.6. The minimum absolute atomic E-state index is 0.0289. The minimum atomic E-state index is -0.602. The summed E-state index contributed by atoms with van der Waals surface area (Å²) in [5, 5.41) is 11.5. The van der Waals surface area contributed by atoms with Crippen LogP contribution in [0.2, 0.25) is 0 Å². The van der Waals surface area contributed by atoms with Gasteiger partial charge in [0.1, 0.15) is 11.9 Å². The molecule has 45 heavy (non-hydrogen) atoms. The van der Waals surface area contributed by atoms with Crippen LogP contribution in [0, 0.1) is 5.92 Å². The fraction of sp³-hybridized carbons (Fsp3) is 0.568. The van der Waals surface area contributed by atoms with Crippen molar-refractivity contribution < 1.29 is 24.2 Å². The van der Waals surface area contributed by atoms with Gasteiger partial charge in [-0.3, -0.25) is 10.1 Å². The first-order valence-electron chi connectivity index (χ1n) is 16.7. The van der Waals surface area contributed by atoms with Crippen molar-refractivity contribution in [2.75, 3.05) is 14.2 Å². The third kappa shape index (κ3) is 15.9. The number of aliphatic carboxylic acids is 1. The number of aryl methyl sites for hydroxylation is 1. The quantitative estimate of drug-likeness (QED) is 0.0925. The Morgan fingerprint density at radius 2 is 1.67 bits per heavy atom. The van der Waals surface area contributed by atoms with Gasteiger partial charge in [-0.05, 0) is 81.2 Å². The van der Waals surface area contributed by atoms with E-state index in [-0.39, 0.29) is 12.0 Å². The van der Waals surface area contributed by atoms with Crippen LogP contribution in [-0.4, -0.2) is 31.3 Å². The highest BCUT2D eigenvalue weighted by molar-refractivity contribution is 5.70. The van der Waals surface area contributed by atoms with E-state index in [1.807, 2.05) is 65.0 Å². The van der Waals surface area contributed by atoms with Gasteiger partial charge in [-0.1, -0.05) is 96.7 Å². The second-order valence-electron chi connectivity index (χ2n) is 10.8. The Kier molecular flexibility index (Phi) is 22.8. The second kappa shape index (κ2) is 24.8. The maximum atomic E-state index is 12.8. The normalized spacial score (nSPS) is 15.3. The summed E-state index contributed by atoms with van der Waals surface area (Å²) in [5.41, 5.74) is 12.0. The summed E-state index contributed by atoms with van der Waals surface area (Å²) < 4.78 is 11.3. The maximum absolute atomic E-state index is 12.8. The number of ether oxygens (including phenoxy) is 2. The predicted octanol–water partition coefficient (Wildman–Crippen LogP) is 9.28. The highest BCUT2D eigenvalue weighted by atomic mass is 16.6. The van der Waals surface area contributed by atoms with Gasteiger partial charge in [0.05, 0.1) is 18.7 Å². The zero-order valence-corrected chi connectivity index (χ0v) is 29.6. The van der Waals surface area contributed by atoms with Gasteiger partial charge < -0.3 is 20.0 Å². The number of carbonyl (C=O) groups is 2. The van der Waals surface area contributed by atoms with Crippen LogP contribution in [0.25, 0.3) is 0 Å². The Morgan fingerprint density at radius 1 is 1.02 bits per heavy atom. The lowest BCUT2D eigenvalue weighted by Gasteiger charge is -2.20. The lowest BCUT2D eigenvalue weighted by atomic mass is 9.90. The van der Waals surface area contributed by atoms with Gasteiger partial charge in [0.2, 0.25) is 0 Å². The molecule has 0 saturated heterocycles. The van der Waals surface area contributed by atoms with Crippen molar-refractivity contribution in [3.05, 3.63) is 81.9 Å². The number of carbonyl (C=O) groups excluding carboxylic acids is 1. The van der Waals surface area contributed by atoms with Crippen molar-refractivity contribution in [3.63, 3.8) is 0 Å². The molecule has 1 aliphatic carbocycles. The smallest absolute Gasteiger partial charge is 0.412 e. The largest absolute Gasteiger partial charge is 0.497 e. The molecule has 1 fully saturated rings. The van der Waals surface area contributed by atoms with E-state index in [1.54, 1.807) is 14.2 Å². The lowest BCUT2D eigenvalue weighted by Crippen LogP contribution is -2.34.